The molecule has 0 aliphatic heterocycles. The van der Waals surface area contributed by atoms with Crippen molar-refractivity contribution in [2.75, 3.05) is 0 Å². The molecule has 0 fully saturated rings. The van der Waals surface area contributed by atoms with E-state index in [9.17, 15) is 9.59 Å². The number of carbonyl (C=O) groups is 2. The quantitative estimate of drug-likeness (QED) is 0.639. The number of esters is 1. The molecule has 6 nitrogen and oxygen atoms in total. The number of aryl methyl sites for hydroxylation is 1. The van der Waals surface area contributed by atoms with Gasteiger partial charge in [-0.25, -0.2) is 19.1 Å². The number of ether oxygens (including phenoxy) is 2. The van der Waals surface area contributed by atoms with Gasteiger partial charge in [-0.2, -0.15) is 0 Å². The third-order valence-corrected chi connectivity index (χ3v) is 4.13. The number of aromatic nitrogens is 2. The Morgan fingerprint density at radius 3 is 1.93 bits per heavy atom. The van der Waals surface area contributed by atoms with Crippen LogP contribution in [-0.2, 0) is 22.7 Å². The van der Waals surface area contributed by atoms with Crippen LogP contribution in [0.25, 0.3) is 0 Å². The molecule has 27 heavy (non-hydrogen) atoms. The predicted molar refractivity (Wildman–Crippen MR) is 99.3 cm³/mol. The zero-order chi connectivity index (χ0) is 19.2. The van der Waals surface area contributed by atoms with Crippen LogP contribution in [0.4, 0.5) is 4.79 Å². The molecule has 0 saturated carbocycles. The molecule has 2 aromatic carbocycles. The summed E-state index contributed by atoms with van der Waals surface area (Å²) in [6.07, 6.45) is -0.663. The van der Waals surface area contributed by atoms with Crippen molar-refractivity contribution in [3.05, 3.63) is 89.0 Å². The van der Waals surface area contributed by atoms with E-state index in [2.05, 4.69) is 4.98 Å². The lowest BCUT2D eigenvalue weighted by molar-refractivity contribution is 0.0449. The van der Waals surface area contributed by atoms with E-state index >= 15 is 0 Å². The van der Waals surface area contributed by atoms with Gasteiger partial charge in [0.2, 0.25) is 5.82 Å². The summed E-state index contributed by atoms with van der Waals surface area (Å²) in [5, 5.41) is 0. The first-order valence-electron chi connectivity index (χ1n) is 8.54. The Kier molecular flexibility index (Phi) is 5.66. The molecule has 0 spiro atoms. The molecular formula is C21H20N2O4. The lowest BCUT2D eigenvalue weighted by atomic mass is 10.2. The Balaban J connectivity index is 1.73. The zero-order valence-electron chi connectivity index (χ0n) is 15.2. The van der Waals surface area contributed by atoms with Crippen LogP contribution in [0.5, 0.6) is 0 Å². The second kappa shape index (κ2) is 8.31. The summed E-state index contributed by atoms with van der Waals surface area (Å²) in [5.41, 5.74) is 2.82. The Bertz CT molecular complexity index is 934. The Morgan fingerprint density at radius 1 is 0.852 bits per heavy atom. The van der Waals surface area contributed by atoms with Gasteiger partial charge in [-0.05, 0) is 25.0 Å². The summed E-state index contributed by atoms with van der Waals surface area (Å²) in [6, 6.07) is 18.6. The molecule has 0 bridgehead atoms. The predicted octanol–water partition coefficient (Wildman–Crippen LogP) is 4.04. The number of hydrogen-bond donors (Lipinski definition) is 0. The largest absolute Gasteiger partial charge is 0.455 e. The van der Waals surface area contributed by atoms with E-state index in [1.165, 1.54) is 0 Å². The molecule has 0 radical (unpaired) electrons. The maximum Gasteiger partial charge on any atom is 0.420 e. The zero-order valence-corrected chi connectivity index (χ0v) is 15.2. The highest BCUT2D eigenvalue weighted by Gasteiger charge is 2.25. The van der Waals surface area contributed by atoms with Crippen LogP contribution >= 0.6 is 0 Å². The van der Waals surface area contributed by atoms with Crippen molar-refractivity contribution in [2.45, 2.75) is 27.1 Å². The van der Waals surface area contributed by atoms with Crippen molar-refractivity contribution in [1.82, 2.24) is 9.55 Å². The van der Waals surface area contributed by atoms with E-state index in [1.807, 2.05) is 60.7 Å². The maximum atomic E-state index is 12.5. The topological polar surface area (TPSA) is 70.4 Å². The first kappa shape index (κ1) is 18.4. The Hall–Kier alpha value is -3.41. The molecule has 0 aliphatic carbocycles. The van der Waals surface area contributed by atoms with Gasteiger partial charge in [0.1, 0.15) is 13.2 Å². The van der Waals surface area contributed by atoms with Gasteiger partial charge >= 0.3 is 12.1 Å². The second-order valence-electron chi connectivity index (χ2n) is 6.04. The van der Waals surface area contributed by atoms with E-state index in [1.54, 1.807) is 13.8 Å². The second-order valence-corrected chi connectivity index (χ2v) is 6.04. The average Bonchev–Trinajstić information content (AvgIpc) is 3.00. The molecule has 1 aromatic heterocycles. The van der Waals surface area contributed by atoms with E-state index in [0.717, 1.165) is 15.7 Å². The highest BCUT2D eigenvalue weighted by molar-refractivity contribution is 5.90. The molecular weight excluding hydrogens is 344 g/mol. The van der Waals surface area contributed by atoms with Gasteiger partial charge in [-0.1, -0.05) is 60.7 Å². The molecule has 1 heterocycles. The van der Waals surface area contributed by atoms with Gasteiger partial charge < -0.3 is 9.47 Å². The smallest absolute Gasteiger partial charge is 0.420 e. The molecule has 0 N–H and O–H groups in total. The van der Waals surface area contributed by atoms with Gasteiger partial charge in [-0.3, -0.25) is 0 Å². The van der Waals surface area contributed by atoms with Crippen molar-refractivity contribution < 1.29 is 19.1 Å². The third kappa shape index (κ3) is 4.41. The lowest BCUT2D eigenvalue weighted by Gasteiger charge is -2.10. The first-order chi connectivity index (χ1) is 13.1. The van der Waals surface area contributed by atoms with Crippen molar-refractivity contribution in [3.63, 3.8) is 0 Å². The summed E-state index contributed by atoms with van der Waals surface area (Å²) < 4.78 is 11.8. The fourth-order valence-electron chi connectivity index (χ4n) is 2.54. The molecule has 0 atom stereocenters. The fourth-order valence-corrected chi connectivity index (χ4v) is 2.54. The van der Waals surface area contributed by atoms with E-state index in [4.69, 9.17) is 9.47 Å². The molecule has 0 unspecified atom stereocenters. The number of hydrogen-bond acceptors (Lipinski definition) is 5. The van der Waals surface area contributed by atoms with Crippen molar-refractivity contribution in [2.24, 2.45) is 0 Å². The summed E-state index contributed by atoms with van der Waals surface area (Å²) in [5.74, 6) is -0.759. The van der Waals surface area contributed by atoms with Gasteiger partial charge in [0.15, 0.2) is 0 Å². The van der Waals surface area contributed by atoms with Crippen LogP contribution in [0, 0.1) is 13.8 Å². The SMILES string of the molecule is Cc1nc(C(=O)OCc2ccccc2)n(C(=O)OCc2ccccc2)c1C. The van der Waals surface area contributed by atoms with Crippen LogP contribution < -0.4 is 0 Å². The van der Waals surface area contributed by atoms with Crippen LogP contribution in [-0.4, -0.2) is 21.6 Å². The van der Waals surface area contributed by atoms with Crippen LogP contribution in [0.1, 0.15) is 33.1 Å². The summed E-state index contributed by atoms with van der Waals surface area (Å²) in [7, 11) is 0. The van der Waals surface area contributed by atoms with E-state index in [-0.39, 0.29) is 19.0 Å². The lowest BCUT2D eigenvalue weighted by Crippen LogP contribution is -2.22. The fraction of sp³-hybridized carbons (Fsp3) is 0.190. The van der Waals surface area contributed by atoms with Gasteiger partial charge in [0, 0.05) is 5.69 Å². The monoisotopic (exact) mass is 364 g/mol. The third-order valence-electron chi connectivity index (χ3n) is 4.13. The van der Waals surface area contributed by atoms with Crippen molar-refractivity contribution >= 4 is 12.1 Å². The molecule has 0 saturated heterocycles. The van der Waals surface area contributed by atoms with Gasteiger partial charge in [0.25, 0.3) is 0 Å². The first-order valence-corrected chi connectivity index (χ1v) is 8.54. The highest BCUT2D eigenvalue weighted by atomic mass is 16.6. The van der Waals surface area contributed by atoms with Crippen LogP contribution in [0.2, 0.25) is 0 Å². The van der Waals surface area contributed by atoms with Crippen LogP contribution in [0.3, 0.4) is 0 Å². The van der Waals surface area contributed by atoms with Gasteiger partial charge in [0.05, 0.1) is 5.69 Å². The molecule has 0 aliphatic rings. The minimum Gasteiger partial charge on any atom is -0.455 e. The van der Waals surface area contributed by atoms with E-state index < -0.39 is 12.1 Å². The Morgan fingerprint density at radius 2 is 1.37 bits per heavy atom. The molecule has 3 aromatic rings. The average molecular weight is 364 g/mol. The Labute approximate surface area is 157 Å². The molecule has 6 heteroatoms. The number of rotatable bonds is 5. The maximum absolute atomic E-state index is 12.5. The number of nitrogens with zero attached hydrogens (tertiary/aromatic N) is 2. The highest BCUT2D eigenvalue weighted by Crippen LogP contribution is 2.14. The van der Waals surface area contributed by atoms with Gasteiger partial charge in [-0.15, -0.1) is 0 Å². The summed E-state index contributed by atoms with van der Waals surface area (Å²) >= 11 is 0. The summed E-state index contributed by atoms with van der Waals surface area (Å²) in [4.78, 5) is 29.2. The van der Waals surface area contributed by atoms with Crippen molar-refractivity contribution in [1.29, 1.82) is 0 Å². The number of carbonyl (C=O) groups excluding carboxylic acids is 2. The minimum absolute atomic E-state index is 0.0843. The standard InChI is InChI=1S/C21H20N2O4/c1-15-16(2)23(21(25)27-14-18-11-7-4-8-12-18)19(22-15)20(24)26-13-17-9-5-3-6-10-17/h3-12H,13-14H2,1-2H3. The van der Waals surface area contributed by atoms with Crippen LogP contribution in [0.15, 0.2) is 60.7 Å². The minimum atomic E-state index is -0.674. The number of imidazole rings is 1. The normalized spacial score (nSPS) is 10.4. The molecule has 138 valence electrons. The van der Waals surface area contributed by atoms with E-state index in [0.29, 0.717) is 11.4 Å². The molecule has 0 amide bonds. The summed E-state index contributed by atoms with van der Waals surface area (Å²) in [6.45, 7) is 3.64. The number of benzene rings is 2. The van der Waals surface area contributed by atoms with Crippen molar-refractivity contribution in [3.8, 4) is 0 Å². The molecule has 3 rings (SSSR count).